The van der Waals surface area contributed by atoms with Crippen LogP contribution in [-0.2, 0) is 9.59 Å². The van der Waals surface area contributed by atoms with Gasteiger partial charge in [0.1, 0.15) is 0 Å². The smallest absolute Gasteiger partial charge is 0.239 e. The molecule has 14 heavy (non-hydrogen) atoms. The normalized spacial score (nSPS) is 9.57. The number of nitrogens with one attached hydrogen (secondary N) is 2. The molecule has 0 unspecified atom stereocenters. The summed E-state index contributed by atoms with van der Waals surface area (Å²) < 4.78 is 0. The number of rotatable bonds is 7. The van der Waals surface area contributed by atoms with Crippen molar-refractivity contribution in [2.75, 3.05) is 19.6 Å². The molecule has 5 heteroatoms. The molecule has 0 radical (unpaired) electrons. The highest BCUT2D eigenvalue weighted by Crippen LogP contribution is 1.84. The summed E-state index contributed by atoms with van der Waals surface area (Å²) in [7, 11) is 0. The average Bonchev–Trinajstić information content (AvgIpc) is 2.20. The molecule has 0 aliphatic heterocycles. The van der Waals surface area contributed by atoms with Crippen molar-refractivity contribution in [1.29, 1.82) is 0 Å². The van der Waals surface area contributed by atoms with Crippen LogP contribution in [-0.4, -0.2) is 31.4 Å². The lowest BCUT2D eigenvalue weighted by molar-refractivity contribution is -0.126. The van der Waals surface area contributed by atoms with Crippen LogP contribution >= 0.6 is 0 Å². The number of hydrogen-bond acceptors (Lipinski definition) is 3. The monoisotopic (exact) mass is 201 g/mol. The van der Waals surface area contributed by atoms with Crippen LogP contribution in [0.15, 0.2) is 0 Å². The molecule has 0 saturated carbocycles. The quantitative estimate of drug-likeness (QED) is 0.512. The van der Waals surface area contributed by atoms with Gasteiger partial charge >= 0.3 is 0 Å². The average molecular weight is 201 g/mol. The van der Waals surface area contributed by atoms with Gasteiger partial charge in [0.25, 0.3) is 0 Å². The Kier molecular flexibility index (Phi) is 7.83. The van der Waals surface area contributed by atoms with Crippen molar-refractivity contribution in [2.24, 2.45) is 5.73 Å². The van der Waals surface area contributed by atoms with Gasteiger partial charge in [-0.1, -0.05) is 6.92 Å². The summed E-state index contributed by atoms with van der Waals surface area (Å²) in [5.41, 5.74) is 5.24. The highest BCUT2D eigenvalue weighted by molar-refractivity contribution is 5.84. The van der Waals surface area contributed by atoms with Crippen LogP contribution in [0.25, 0.3) is 0 Å². The minimum absolute atomic E-state index is 0.0589. The van der Waals surface area contributed by atoms with Gasteiger partial charge in [0.2, 0.25) is 11.8 Å². The first-order chi connectivity index (χ1) is 6.70. The van der Waals surface area contributed by atoms with E-state index in [1.807, 2.05) is 6.92 Å². The second-order valence-electron chi connectivity index (χ2n) is 3.02. The van der Waals surface area contributed by atoms with E-state index >= 15 is 0 Å². The van der Waals surface area contributed by atoms with Crippen LogP contribution in [0, 0.1) is 0 Å². The molecule has 5 nitrogen and oxygen atoms in total. The minimum atomic E-state index is -0.145. The topological polar surface area (TPSA) is 84.2 Å². The molecule has 0 aromatic heterocycles. The maximum absolute atomic E-state index is 11.0. The Morgan fingerprint density at radius 1 is 1.21 bits per heavy atom. The van der Waals surface area contributed by atoms with E-state index in [1.54, 1.807) is 0 Å². The molecule has 82 valence electrons. The second kappa shape index (κ2) is 8.50. The molecule has 0 aromatic rings. The van der Waals surface area contributed by atoms with Crippen LogP contribution in [0.2, 0.25) is 0 Å². The van der Waals surface area contributed by atoms with Crippen molar-refractivity contribution in [3.63, 3.8) is 0 Å². The van der Waals surface area contributed by atoms with Gasteiger partial charge in [0, 0.05) is 13.0 Å². The van der Waals surface area contributed by atoms with Crippen LogP contribution < -0.4 is 16.4 Å². The summed E-state index contributed by atoms with van der Waals surface area (Å²) in [6, 6.07) is 0. The summed E-state index contributed by atoms with van der Waals surface area (Å²) in [6.07, 6.45) is 1.94. The third-order valence-corrected chi connectivity index (χ3v) is 1.63. The molecule has 2 amide bonds. The first-order valence-corrected chi connectivity index (χ1v) is 4.94. The van der Waals surface area contributed by atoms with E-state index in [4.69, 9.17) is 5.73 Å². The Hall–Kier alpha value is -1.10. The summed E-state index contributed by atoms with van der Waals surface area (Å²) in [5.74, 6) is -0.268. The molecule has 0 fully saturated rings. The number of amides is 2. The lowest BCUT2D eigenvalue weighted by Crippen LogP contribution is -2.37. The molecule has 4 N–H and O–H groups in total. The lowest BCUT2D eigenvalue weighted by Gasteiger charge is -2.05. The fourth-order valence-corrected chi connectivity index (χ4v) is 0.857. The summed E-state index contributed by atoms with van der Waals surface area (Å²) >= 11 is 0. The van der Waals surface area contributed by atoms with Crippen LogP contribution in [0.1, 0.15) is 26.2 Å². The fourth-order valence-electron chi connectivity index (χ4n) is 0.857. The lowest BCUT2D eigenvalue weighted by atomic mass is 10.3. The van der Waals surface area contributed by atoms with Crippen LogP contribution in [0.5, 0.6) is 0 Å². The molecule has 0 saturated heterocycles. The molecule has 0 aliphatic carbocycles. The molecule has 0 aliphatic rings. The highest BCUT2D eigenvalue weighted by atomic mass is 16.2. The van der Waals surface area contributed by atoms with Crippen LogP contribution in [0.4, 0.5) is 0 Å². The van der Waals surface area contributed by atoms with Crippen LogP contribution in [0.3, 0.4) is 0 Å². The van der Waals surface area contributed by atoms with Crippen molar-refractivity contribution in [2.45, 2.75) is 26.2 Å². The van der Waals surface area contributed by atoms with E-state index in [1.165, 1.54) is 0 Å². The third kappa shape index (κ3) is 7.54. The Balaban J connectivity index is 3.41. The predicted octanol–water partition coefficient (Wildman–Crippen LogP) is -0.632. The molecular weight excluding hydrogens is 182 g/mol. The van der Waals surface area contributed by atoms with Gasteiger partial charge in [0.15, 0.2) is 0 Å². The van der Waals surface area contributed by atoms with E-state index in [0.29, 0.717) is 25.9 Å². The van der Waals surface area contributed by atoms with Crippen molar-refractivity contribution in [3.8, 4) is 0 Å². The van der Waals surface area contributed by atoms with Crippen molar-refractivity contribution >= 4 is 11.8 Å². The van der Waals surface area contributed by atoms with Gasteiger partial charge < -0.3 is 16.4 Å². The zero-order chi connectivity index (χ0) is 10.8. The number of carbonyl (C=O) groups excluding carboxylic acids is 2. The minimum Gasteiger partial charge on any atom is -0.355 e. The zero-order valence-corrected chi connectivity index (χ0v) is 8.64. The fraction of sp³-hybridized carbons (Fsp3) is 0.778. The molecule has 0 bridgehead atoms. The predicted molar refractivity (Wildman–Crippen MR) is 54.6 cm³/mol. The van der Waals surface area contributed by atoms with Gasteiger partial charge in [-0.05, 0) is 19.4 Å². The van der Waals surface area contributed by atoms with Gasteiger partial charge in [0.05, 0.1) is 6.54 Å². The molecule has 0 rings (SSSR count). The molecule has 0 atom stereocenters. The molecular formula is C9H19N3O2. The van der Waals surface area contributed by atoms with Crippen molar-refractivity contribution < 1.29 is 9.59 Å². The molecule has 0 aromatic carbocycles. The first kappa shape index (κ1) is 12.9. The summed E-state index contributed by atoms with van der Waals surface area (Å²) in [5, 5.41) is 5.19. The van der Waals surface area contributed by atoms with E-state index < -0.39 is 0 Å². The maximum atomic E-state index is 11.0. The Bertz CT molecular complexity index is 163. The number of carbonyl (C=O) groups is 2. The Labute approximate surface area is 84.4 Å². The second-order valence-corrected chi connectivity index (χ2v) is 3.02. The van der Waals surface area contributed by atoms with E-state index in [2.05, 4.69) is 10.6 Å². The summed E-state index contributed by atoms with van der Waals surface area (Å²) in [6.45, 7) is 3.18. The zero-order valence-electron chi connectivity index (χ0n) is 8.64. The molecule has 0 spiro atoms. The van der Waals surface area contributed by atoms with E-state index in [0.717, 1.165) is 6.42 Å². The van der Waals surface area contributed by atoms with Gasteiger partial charge in [-0.25, -0.2) is 0 Å². The van der Waals surface area contributed by atoms with E-state index in [9.17, 15) is 9.59 Å². The molecule has 0 heterocycles. The first-order valence-electron chi connectivity index (χ1n) is 4.94. The highest BCUT2D eigenvalue weighted by Gasteiger charge is 2.03. The number of nitrogens with two attached hydrogens (primary N) is 1. The SMILES string of the molecule is CCCNC(=O)CNC(=O)CCCN. The van der Waals surface area contributed by atoms with Gasteiger partial charge in [-0.2, -0.15) is 0 Å². The Morgan fingerprint density at radius 3 is 2.50 bits per heavy atom. The maximum Gasteiger partial charge on any atom is 0.239 e. The number of hydrogen-bond donors (Lipinski definition) is 3. The standard InChI is InChI=1S/C9H19N3O2/c1-2-6-11-9(14)7-12-8(13)4-3-5-10/h2-7,10H2,1H3,(H,11,14)(H,12,13). The van der Waals surface area contributed by atoms with E-state index in [-0.39, 0.29) is 18.4 Å². The Morgan fingerprint density at radius 2 is 1.93 bits per heavy atom. The van der Waals surface area contributed by atoms with Crippen molar-refractivity contribution in [1.82, 2.24) is 10.6 Å². The largest absolute Gasteiger partial charge is 0.355 e. The van der Waals surface area contributed by atoms with Crippen molar-refractivity contribution in [3.05, 3.63) is 0 Å². The van der Waals surface area contributed by atoms with Gasteiger partial charge in [-0.15, -0.1) is 0 Å². The van der Waals surface area contributed by atoms with Gasteiger partial charge in [-0.3, -0.25) is 9.59 Å². The summed E-state index contributed by atoms with van der Waals surface area (Å²) in [4.78, 5) is 22.1. The third-order valence-electron chi connectivity index (χ3n) is 1.63.